The molecule has 0 saturated carbocycles. The highest BCUT2D eigenvalue weighted by atomic mass is 15.1. The predicted octanol–water partition coefficient (Wildman–Crippen LogP) is 1.61. The molecule has 0 spiro atoms. The predicted molar refractivity (Wildman–Crippen MR) is 91.0 cm³/mol. The van der Waals surface area contributed by atoms with E-state index in [1.807, 2.05) is 0 Å². The summed E-state index contributed by atoms with van der Waals surface area (Å²) in [7, 11) is 2.16. The first kappa shape index (κ1) is 16.3. The molecular formula is C17H30N4. The highest BCUT2D eigenvalue weighted by molar-refractivity contribution is 5.58. The lowest BCUT2D eigenvalue weighted by atomic mass is 10.0. The summed E-state index contributed by atoms with van der Waals surface area (Å²) in [6.07, 6.45) is 1.15. The van der Waals surface area contributed by atoms with E-state index in [0.29, 0.717) is 6.54 Å². The van der Waals surface area contributed by atoms with Gasteiger partial charge in [0.2, 0.25) is 0 Å². The highest BCUT2D eigenvalue weighted by Crippen LogP contribution is 2.29. The maximum absolute atomic E-state index is 5.97. The van der Waals surface area contributed by atoms with Gasteiger partial charge in [-0.1, -0.05) is 26.0 Å². The molecule has 1 heterocycles. The average molecular weight is 290 g/mol. The Bertz CT molecular complexity index is 442. The summed E-state index contributed by atoms with van der Waals surface area (Å²) in [5.74, 6) is 0. The van der Waals surface area contributed by atoms with E-state index >= 15 is 0 Å². The van der Waals surface area contributed by atoms with Crippen LogP contribution in [0.25, 0.3) is 0 Å². The number of nitrogens with zero attached hydrogens (tertiary/aromatic N) is 2. The number of fused-ring (bicyclic) bond motifs is 1. The minimum atomic E-state index is 0.261. The number of nitrogens with one attached hydrogen (secondary N) is 1. The second kappa shape index (κ2) is 7.78. The molecule has 4 nitrogen and oxygen atoms in total. The Kier molecular flexibility index (Phi) is 6.03. The van der Waals surface area contributed by atoms with Gasteiger partial charge in [0.05, 0.1) is 0 Å². The van der Waals surface area contributed by atoms with E-state index in [2.05, 4.69) is 54.2 Å². The number of hydrogen-bond donors (Lipinski definition) is 2. The Balaban J connectivity index is 1.95. The number of rotatable bonds is 8. The Morgan fingerprint density at radius 1 is 1.33 bits per heavy atom. The van der Waals surface area contributed by atoms with E-state index in [-0.39, 0.29) is 6.04 Å². The van der Waals surface area contributed by atoms with Crippen molar-refractivity contribution in [3.8, 4) is 0 Å². The number of nitrogens with two attached hydrogens (primary N) is 1. The van der Waals surface area contributed by atoms with Crippen molar-refractivity contribution in [1.29, 1.82) is 0 Å². The fourth-order valence-electron chi connectivity index (χ4n) is 3.08. The molecule has 0 amide bonds. The summed E-state index contributed by atoms with van der Waals surface area (Å²) in [4.78, 5) is 4.75. The molecule has 1 atom stereocenters. The quantitative estimate of drug-likeness (QED) is 0.763. The Labute approximate surface area is 129 Å². The zero-order chi connectivity index (χ0) is 15.2. The van der Waals surface area contributed by atoms with E-state index in [0.717, 1.165) is 39.1 Å². The fraction of sp³-hybridized carbons (Fsp3) is 0.647. The van der Waals surface area contributed by atoms with Crippen molar-refractivity contribution >= 4 is 5.69 Å². The van der Waals surface area contributed by atoms with Gasteiger partial charge in [0.1, 0.15) is 0 Å². The topological polar surface area (TPSA) is 44.5 Å². The number of benzene rings is 1. The number of hydrogen-bond acceptors (Lipinski definition) is 4. The molecule has 118 valence electrons. The normalized spacial score (nSPS) is 15.6. The molecule has 0 aromatic heterocycles. The van der Waals surface area contributed by atoms with Crippen molar-refractivity contribution in [3.63, 3.8) is 0 Å². The van der Waals surface area contributed by atoms with Crippen LogP contribution in [0, 0.1) is 0 Å². The lowest BCUT2D eigenvalue weighted by Crippen LogP contribution is -2.36. The summed E-state index contributed by atoms with van der Waals surface area (Å²) >= 11 is 0. The maximum Gasteiger partial charge on any atom is 0.0445 e. The summed E-state index contributed by atoms with van der Waals surface area (Å²) in [5, 5.41) is 3.61. The van der Waals surface area contributed by atoms with Crippen LogP contribution in [-0.4, -0.2) is 51.2 Å². The van der Waals surface area contributed by atoms with Gasteiger partial charge in [0.25, 0.3) is 0 Å². The second-order valence-electron chi connectivity index (χ2n) is 5.83. The van der Waals surface area contributed by atoms with Gasteiger partial charge < -0.3 is 20.9 Å². The SMILES string of the molecule is CCN(CC)CCNC(CN)c1ccc2c(c1)CCN2C. The van der Waals surface area contributed by atoms with Gasteiger partial charge in [-0.15, -0.1) is 0 Å². The van der Waals surface area contributed by atoms with E-state index < -0.39 is 0 Å². The Hall–Kier alpha value is -1.10. The van der Waals surface area contributed by atoms with Crippen LogP contribution in [0.5, 0.6) is 0 Å². The van der Waals surface area contributed by atoms with Crippen LogP contribution in [0.3, 0.4) is 0 Å². The van der Waals surface area contributed by atoms with Crippen LogP contribution < -0.4 is 16.0 Å². The summed E-state index contributed by atoms with van der Waals surface area (Å²) in [6.45, 7) is 10.5. The lowest BCUT2D eigenvalue weighted by molar-refractivity contribution is 0.297. The largest absolute Gasteiger partial charge is 0.374 e. The molecule has 0 aliphatic carbocycles. The van der Waals surface area contributed by atoms with Gasteiger partial charge in [0, 0.05) is 45.0 Å². The first-order valence-corrected chi connectivity index (χ1v) is 8.19. The van der Waals surface area contributed by atoms with Crippen molar-refractivity contribution in [1.82, 2.24) is 10.2 Å². The number of anilines is 1. The molecule has 21 heavy (non-hydrogen) atoms. The van der Waals surface area contributed by atoms with Crippen molar-refractivity contribution in [2.24, 2.45) is 5.73 Å². The smallest absolute Gasteiger partial charge is 0.0445 e. The third kappa shape index (κ3) is 3.96. The van der Waals surface area contributed by atoms with E-state index in [4.69, 9.17) is 5.73 Å². The molecule has 3 N–H and O–H groups in total. The van der Waals surface area contributed by atoms with Crippen LogP contribution in [0.2, 0.25) is 0 Å². The van der Waals surface area contributed by atoms with Gasteiger partial charge in [-0.25, -0.2) is 0 Å². The third-order valence-electron chi connectivity index (χ3n) is 4.58. The van der Waals surface area contributed by atoms with E-state index in [1.54, 1.807) is 0 Å². The molecule has 0 bridgehead atoms. The molecule has 1 unspecified atom stereocenters. The molecule has 4 heteroatoms. The molecule has 1 aromatic rings. The monoisotopic (exact) mass is 290 g/mol. The zero-order valence-electron chi connectivity index (χ0n) is 13.7. The minimum Gasteiger partial charge on any atom is -0.374 e. The van der Waals surface area contributed by atoms with Crippen molar-refractivity contribution in [3.05, 3.63) is 29.3 Å². The van der Waals surface area contributed by atoms with E-state index in [1.165, 1.54) is 16.8 Å². The molecule has 1 aromatic carbocycles. The minimum absolute atomic E-state index is 0.261. The van der Waals surface area contributed by atoms with Crippen LogP contribution in [0.1, 0.15) is 31.0 Å². The first-order valence-electron chi connectivity index (χ1n) is 8.19. The second-order valence-corrected chi connectivity index (χ2v) is 5.83. The van der Waals surface area contributed by atoms with Gasteiger partial charge in [-0.05, 0) is 36.7 Å². The Morgan fingerprint density at radius 3 is 2.76 bits per heavy atom. The van der Waals surface area contributed by atoms with Crippen molar-refractivity contribution < 1.29 is 0 Å². The van der Waals surface area contributed by atoms with Gasteiger partial charge in [-0.2, -0.15) is 0 Å². The lowest BCUT2D eigenvalue weighted by Gasteiger charge is -2.22. The van der Waals surface area contributed by atoms with Gasteiger partial charge >= 0.3 is 0 Å². The molecule has 2 rings (SSSR count). The van der Waals surface area contributed by atoms with Crippen LogP contribution >= 0.6 is 0 Å². The zero-order valence-corrected chi connectivity index (χ0v) is 13.7. The Morgan fingerprint density at radius 2 is 2.10 bits per heavy atom. The first-order chi connectivity index (χ1) is 10.2. The third-order valence-corrected chi connectivity index (χ3v) is 4.58. The highest BCUT2D eigenvalue weighted by Gasteiger charge is 2.18. The van der Waals surface area contributed by atoms with Crippen LogP contribution in [0.15, 0.2) is 18.2 Å². The van der Waals surface area contributed by atoms with Crippen LogP contribution in [-0.2, 0) is 6.42 Å². The van der Waals surface area contributed by atoms with Gasteiger partial charge in [0.15, 0.2) is 0 Å². The molecule has 0 saturated heterocycles. The van der Waals surface area contributed by atoms with Crippen molar-refractivity contribution in [2.45, 2.75) is 26.3 Å². The molecule has 1 aliphatic heterocycles. The molecule has 0 fully saturated rings. The van der Waals surface area contributed by atoms with Gasteiger partial charge in [-0.3, -0.25) is 0 Å². The standard InChI is InChI=1S/C17H30N4/c1-4-21(5-2)11-9-19-16(13-18)14-6-7-17-15(12-14)8-10-20(17)3/h6-7,12,16,19H,4-5,8-11,13,18H2,1-3H3. The molecule has 1 aliphatic rings. The summed E-state index contributed by atoms with van der Waals surface area (Å²) in [6, 6.07) is 7.06. The van der Waals surface area contributed by atoms with Crippen LogP contribution in [0.4, 0.5) is 5.69 Å². The van der Waals surface area contributed by atoms with Crippen molar-refractivity contribution in [2.75, 3.05) is 51.2 Å². The summed E-state index contributed by atoms with van der Waals surface area (Å²) < 4.78 is 0. The van der Waals surface area contributed by atoms with E-state index in [9.17, 15) is 0 Å². The summed E-state index contributed by atoms with van der Waals surface area (Å²) in [5.41, 5.74) is 10.1. The number of likely N-dealkylation sites (N-methyl/N-ethyl adjacent to an activating group) is 2. The maximum atomic E-state index is 5.97. The average Bonchev–Trinajstić information content (AvgIpc) is 2.88. The fourth-order valence-corrected chi connectivity index (χ4v) is 3.08. The molecule has 0 radical (unpaired) electrons. The molecular weight excluding hydrogens is 260 g/mol.